The first kappa shape index (κ1) is 18.6. The summed E-state index contributed by atoms with van der Waals surface area (Å²) in [7, 11) is 0. The summed E-state index contributed by atoms with van der Waals surface area (Å²) >= 11 is 0. The van der Waals surface area contributed by atoms with Gasteiger partial charge in [0.1, 0.15) is 5.82 Å². The summed E-state index contributed by atoms with van der Waals surface area (Å²) in [6.07, 6.45) is -4.53. The van der Waals surface area contributed by atoms with Gasteiger partial charge in [0.15, 0.2) is 5.69 Å². The lowest BCUT2D eigenvalue weighted by Crippen LogP contribution is -2.40. The second-order valence-electron chi connectivity index (χ2n) is 6.54. The molecule has 2 atom stereocenters. The number of aliphatic hydroxyl groups is 1. The quantitative estimate of drug-likeness (QED) is 0.876. The molecule has 0 radical (unpaired) electrons. The minimum Gasteiger partial charge on any atom is -0.391 e. The number of carbonyl (C=O) groups excluding carboxylic acids is 1. The molecular weight excluding hydrogens is 323 g/mol. The van der Waals surface area contributed by atoms with Crippen molar-refractivity contribution in [3.8, 4) is 0 Å². The maximum atomic E-state index is 13.2. The summed E-state index contributed by atoms with van der Waals surface area (Å²) in [6, 6.07) is 0. The zero-order valence-corrected chi connectivity index (χ0v) is 13.9. The average Bonchev–Trinajstić information content (AvgIpc) is 2.49. The molecule has 2 unspecified atom stereocenters. The van der Waals surface area contributed by atoms with Crippen LogP contribution in [0.1, 0.15) is 43.0 Å². The zero-order chi connectivity index (χ0) is 18.1. The van der Waals surface area contributed by atoms with Gasteiger partial charge in [0.25, 0.3) is 0 Å². The van der Waals surface area contributed by atoms with Crippen molar-refractivity contribution in [2.24, 2.45) is 11.8 Å². The Balaban J connectivity index is 2.15. The van der Waals surface area contributed by atoms with Gasteiger partial charge in [-0.05, 0) is 32.1 Å². The number of nitrogens with zero attached hydrogens (tertiary/aromatic N) is 2. The van der Waals surface area contributed by atoms with Gasteiger partial charge in [-0.3, -0.25) is 4.79 Å². The van der Waals surface area contributed by atoms with E-state index in [4.69, 9.17) is 0 Å². The smallest absolute Gasteiger partial charge is 0.391 e. The number of aromatic nitrogens is 2. The van der Waals surface area contributed by atoms with Gasteiger partial charge in [0.05, 0.1) is 6.10 Å². The molecule has 0 spiro atoms. The molecule has 1 aliphatic rings. The van der Waals surface area contributed by atoms with Crippen molar-refractivity contribution in [3.05, 3.63) is 22.8 Å². The van der Waals surface area contributed by atoms with Crippen LogP contribution in [-0.2, 0) is 23.8 Å². The van der Waals surface area contributed by atoms with E-state index in [1.807, 2.05) is 13.8 Å². The molecule has 0 aromatic carbocycles. The summed E-state index contributed by atoms with van der Waals surface area (Å²) in [5, 5.41) is 12.4. The Morgan fingerprint density at radius 2 is 2.04 bits per heavy atom. The van der Waals surface area contributed by atoms with E-state index < -0.39 is 23.9 Å². The molecule has 5 nitrogen and oxygen atoms in total. The molecule has 1 heterocycles. The Morgan fingerprint density at radius 1 is 1.38 bits per heavy atom. The number of carbonyl (C=O) groups is 1. The molecule has 1 aliphatic carbocycles. The normalized spacial score (nSPS) is 19.1. The Morgan fingerprint density at radius 3 is 2.62 bits per heavy atom. The summed E-state index contributed by atoms with van der Waals surface area (Å²) in [6.45, 7) is 5.17. The number of hydrogen-bond donors (Lipinski definition) is 2. The SMILES string of the molecule is Cc1nc2c(c(C(F)(F)F)n1)CC(C(=O)NCC(O)C(C)C)CC2. The molecular formula is C16H22F3N3O2. The summed E-state index contributed by atoms with van der Waals surface area (Å²) < 4.78 is 39.6. The van der Waals surface area contributed by atoms with Crippen LogP contribution in [0, 0.1) is 18.8 Å². The van der Waals surface area contributed by atoms with E-state index in [0.717, 1.165) is 0 Å². The molecule has 1 aromatic heterocycles. The van der Waals surface area contributed by atoms with Crippen LogP contribution in [0.25, 0.3) is 0 Å². The molecule has 24 heavy (non-hydrogen) atoms. The predicted octanol–water partition coefficient (Wildman–Crippen LogP) is 2.04. The number of alkyl halides is 3. The molecule has 1 amide bonds. The largest absolute Gasteiger partial charge is 0.433 e. The molecule has 8 heteroatoms. The van der Waals surface area contributed by atoms with E-state index in [1.54, 1.807) is 0 Å². The van der Waals surface area contributed by atoms with Gasteiger partial charge in [-0.2, -0.15) is 13.2 Å². The van der Waals surface area contributed by atoms with Crippen molar-refractivity contribution in [3.63, 3.8) is 0 Å². The van der Waals surface area contributed by atoms with Gasteiger partial charge in [-0.15, -0.1) is 0 Å². The zero-order valence-electron chi connectivity index (χ0n) is 13.9. The van der Waals surface area contributed by atoms with E-state index in [2.05, 4.69) is 15.3 Å². The second-order valence-corrected chi connectivity index (χ2v) is 6.54. The van der Waals surface area contributed by atoms with Crippen molar-refractivity contribution < 1.29 is 23.1 Å². The number of rotatable bonds is 4. The van der Waals surface area contributed by atoms with Crippen LogP contribution in [0.5, 0.6) is 0 Å². The van der Waals surface area contributed by atoms with E-state index >= 15 is 0 Å². The third-order valence-corrected chi connectivity index (χ3v) is 4.28. The maximum Gasteiger partial charge on any atom is 0.433 e. The second kappa shape index (κ2) is 7.04. The van der Waals surface area contributed by atoms with Crippen LogP contribution in [0.2, 0.25) is 0 Å². The van der Waals surface area contributed by atoms with Gasteiger partial charge < -0.3 is 10.4 Å². The third-order valence-electron chi connectivity index (χ3n) is 4.28. The van der Waals surface area contributed by atoms with Gasteiger partial charge in [-0.1, -0.05) is 13.8 Å². The van der Waals surface area contributed by atoms with Gasteiger partial charge in [0.2, 0.25) is 5.91 Å². The lowest BCUT2D eigenvalue weighted by molar-refractivity contribution is -0.142. The number of fused-ring (bicyclic) bond motifs is 1. The first-order valence-electron chi connectivity index (χ1n) is 7.99. The van der Waals surface area contributed by atoms with Crippen molar-refractivity contribution in [1.82, 2.24) is 15.3 Å². The molecule has 2 rings (SSSR count). The lowest BCUT2D eigenvalue weighted by Gasteiger charge is -2.26. The molecule has 134 valence electrons. The summed E-state index contributed by atoms with van der Waals surface area (Å²) in [4.78, 5) is 19.9. The highest BCUT2D eigenvalue weighted by Crippen LogP contribution is 2.35. The molecule has 0 aliphatic heterocycles. The highest BCUT2D eigenvalue weighted by molar-refractivity contribution is 5.79. The van der Waals surface area contributed by atoms with Crippen LogP contribution < -0.4 is 5.32 Å². The van der Waals surface area contributed by atoms with Crippen LogP contribution in [-0.4, -0.2) is 33.6 Å². The number of amides is 1. The minimum atomic E-state index is -4.57. The van der Waals surface area contributed by atoms with Gasteiger partial charge in [0, 0.05) is 23.7 Å². The number of aryl methyl sites for hydroxylation is 2. The maximum absolute atomic E-state index is 13.2. The summed E-state index contributed by atoms with van der Waals surface area (Å²) in [5.41, 5.74) is -0.547. The standard InChI is InChI=1S/C16H22F3N3O2/c1-8(2)13(23)7-20-15(24)10-4-5-12-11(6-10)14(16(17,18)19)22-9(3)21-12/h8,10,13,23H,4-7H2,1-3H3,(H,20,24). The predicted molar refractivity (Wildman–Crippen MR) is 81.1 cm³/mol. The fourth-order valence-corrected chi connectivity index (χ4v) is 2.78. The van der Waals surface area contributed by atoms with Crippen LogP contribution in [0.15, 0.2) is 0 Å². The van der Waals surface area contributed by atoms with Crippen molar-refractivity contribution in [1.29, 1.82) is 0 Å². The van der Waals surface area contributed by atoms with Crippen LogP contribution in [0.4, 0.5) is 13.2 Å². The van der Waals surface area contributed by atoms with E-state index in [9.17, 15) is 23.1 Å². The molecule has 1 aromatic rings. The monoisotopic (exact) mass is 345 g/mol. The highest BCUT2D eigenvalue weighted by atomic mass is 19.4. The van der Waals surface area contributed by atoms with Crippen molar-refractivity contribution in [2.45, 2.75) is 52.3 Å². The first-order chi connectivity index (χ1) is 11.1. The van der Waals surface area contributed by atoms with Gasteiger partial charge >= 0.3 is 6.18 Å². The van der Waals surface area contributed by atoms with Gasteiger partial charge in [-0.25, -0.2) is 9.97 Å². The Labute approximate surface area is 138 Å². The van der Waals surface area contributed by atoms with Crippen LogP contribution in [0.3, 0.4) is 0 Å². The highest BCUT2D eigenvalue weighted by Gasteiger charge is 2.39. The Kier molecular flexibility index (Phi) is 5.47. The van der Waals surface area contributed by atoms with E-state index in [-0.39, 0.29) is 36.2 Å². The molecule has 0 fully saturated rings. The first-order valence-corrected chi connectivity index (χ1v) is 7.99. The molecule has 0 bridgehead atoms. The fourth-order valence-electron chi connectivity index (χ4n) is 2.78. The average molecular weight is 345 g/mol. The number of hydrogen-bond acceptors (Lipinski definition) is 4. The third kappa shape index (κ3) is 4.23. The minimum absolute atomic E-state index is 0.00871. The molecule has 0 saturated carbocycles. The number of halogens is 3. The molecule has 0 saturated heterocycles. The lowest BCUT2D eigenvalue weighted by atomic mass is 9.85. The summed E-state index contributed by atoms with van der Waals surface area (Å²) in [5.74, 6) is -0.826. The molecule has 2 N–H and O–H groups in total. The topological polar surface area (TPSA) is 75.1 Å². The van der Waals surface area contributed by atoms with E-state index in [0.29, 0.717) is 18.5 Å². The number of nitrogens with one attached hydrogen (secondary N) is 1. The Bertz CT molecular complexity index is 617. The Hall–Kier alpha value is -1.70. The van der Waals surface area contributed by atoms with Crippen molar-refractivity contribution in [2.75, 3.05) is 6.54 Å². The number of aliphatic hydroxyl groups excluding tert-OH is 1. The van der Waals surface area contributed by atoms with Crippen molar-refractivity contribution >= 4 is 5.91 Å². The fraction of sp³-hybridized carbons (Fsp3) is 0.688. The van der Waals surface area contributed by atoms with E-state index in [1.165, 1.54) is 6.92 Å². The van der Waals surface area contributed by atoms with Crippen LogP contribution >= 0.6 is 0 Å².